The van der Waals surface area contributed by atoms with Crippen molar-refractivity contribution in [2.24, 2.45) is 0 Å². The predicted molar refractivity (Wildman–Crippen MR) is 61.2 cm³/mol. The van der Waals surface area contributed by atoms with Crippen molar-refractivity contribution in [2.45, 2.75) is 24.9 Å². The van der Waals surface area contributed by atoms with Crippen LogP contribution in [-0.2, 0) is 0 Å². The van der Waals surface area contributed by atoms with E-state index in [9.17, 15) is 5.11 Å². The third kappa shape index (κ3) is 1.76. The zero-order chi connectivity index (χ0) is 11.0. The average molecular weight is 214 g/mol. The molecule has 3 rings (SSSR count). The summed E-state index contributed by atoms with van der Waals surface area (Å²) < 4.78 is 4.99. The second-order valence-electron chi connectivity index (χ2n) is 4.40. The molecule has 0 aliphatic heterocycles. The standard InChI is InChI=1S/C14H14O2/c15-14(13-6-7-16-9-13)12-3-1-2-11(8-12)10-4-5-10/h1-3,6-10,14-15H,4-5H2. The van der Waals surface area contributed by atoms with Gasteiger partial charge in [0, 0.05) is 5.56 Å². The van der Waals surface area contributed by atoms with Crippen molar-refractivity contribution in [1.82, 2.24) is 0 Å². The lowest BCUT2D eigenvalue weighted by Gasteiger charge is -2.10. The van der Waals surface area contributed by atoms with E-state index in [2.05, 4.69) is 12.1 Å². The van der Waals surface area contributed by atoms with Crippen LogP contribution in [0.5, 0.6) is 0 Å². The Balaban J connectivity index is 1.90. The van der Waals surface area contributed by atoms with Gasteiger partial charge in [0.25, 0.3) is 0 Å². The van der Waals surface area contributed by atoms with Crippen LogP contribution in [0.25, 0.3) is 0 Å². The number of rotatable bonds is 3. The van der Waals surface area contributed by atoms with E-state index in [1.807, 2.05) is 12.1 Å². The monoisotopic (exact) mass is 214 g/mol. The van der Waals surface area contributed by atoms with Crippen LogP contribution >= 0.6 is 0 Å². The maximum atomic E-state index is 10.1. The molecule has 82 valence electrons. The Hall–Kier alpha value is -1.54. The Kier molecular flexibility index (Phi) is 2.29. The molecule has 1 aromatic heterocycles. The van der Waals surface area contributed by atoms with E-state index in [-0.39, 0.29) is 0 Å². The summed E-state index contributed by atoms with van der Waals surface area (Å²) in [5, 5.41) is 10.1. The Labute approximate surface area is 94.5 Å². The molecule has 2 aromatic rings. The van der Waals surface area contributed by atoms with Gasteiger partial charge in [0.15, 0.2) is 0 Å². The van der Waals surface area contributed by atoms with Gasteiger partial charge in [0.2, 0.25) is 0 Å². The molecule has 1 heterocycles. The number of aliphatic hydroxyl groups is 1. The normalized spacial score (nSPS) is 17.3. The van der Waals surface area contributed by atoms with Gasteiger partial charge in [-0.2, -0.15) is 0 Å². The van der Waals surface area contributed by atoms with Crippen LogP contribution in [0.4, 0.5) is 0 Å². The van der Waals surface area contributed by atoms with Crippen molar-refractivity contribution in [2.75, 3.05) is 0 Å². The molecule has 1 aliphatic carbocycles. The number of benzene rings is 1. The minimum absolute atomic E-state index is 0.572. The molecule has 1 aromatic carbocycles. The van der Waals surface area contributed by atoms with Gasteiger partial charge in [-0.05, 0) is 36.0 Å². The van der Waals surface area contributed by atoms with Crippen LogP contribution < -0.4 is 0 Å². The van der Waals surface area contributed by atoms with Crippen molar-refractivity contribution in [3.63, 3.8) is 0 Å². The maximum absolute atomic E-state index is 10.1. The van der Waals surface area contributed by atoms with Gasteiger partial charge in [0.1, 0.15) is 6.10 Å². The Morgan fingerprint density at radius 1 is 1.19 bits per heavy atom. The number of hydrogen-bond donors (Lipinski definition) is 1. The van der Waals surface area contributed by atoms with Gasteiger partial charge in [-0.3, -0.25) is 0 Å². The summed E-state index contributed by atoms with van der Waals surface area (Å²) in [5.74, 6) is 0.719. The first kappa shape index (κ1) is 9.67. The highest BCUT2D eigenvalue weighted by Gasteiger charge is 2.24. The van der Waals surface area contributed by atoms with Crippen LogP contribution in [0, 0.1) is 0 Å². The van der Waals surface area contributed by atoms with E-state index in [1.54, 1.807) is 18.6 Å². The third-order valence-corrected chi connectivity index (χ3v) is 3.13. The topological polar surface area (TPSA) is 33.4 Å². The van der Waals surface area contributed by atoms with Gasteiger partial charge >= 0.3 is 0 Å². The van der Waals surface area contributed by atoms with Gasteiger partial charge in [-0.25, -0.2) is 0 Å². The zero-order valence-corrected chi connectivity index (χ0v) is 8.97. The minimum Gasteiger partial charge on any atom is -0.472 e. The fourth-order valence-corrected chi connectivity index (χ4v) is 2.02. The highest BCUT2D eigenvalue weighted by atomic mass is 16.3. The van der Waals surface area contributed by atoms with E-state index >= 15 is 0 Å². The number of aliphatic hydroxyl groups excluding tert-OH is 1. The second-order valence-corrected chi connectivity index (χ2v) is 4.40. The molecule has 1 aliphatic rings. The van der Waals surface area contributed by atoms with E-state index in [1.165, 1.54) is 18.4 Å². The molecule has 1 N–H and O–H groups in total. The molecule has 1 atom stereocenters. The SMILES string of the molecule is OC(c1ccoc1)c1cccc(C2CC2)c1. The maximum Gasteiger partial charge on any atom is 0.107 e. The third-order valence-electron chi connectivity index (χ3n) is 3.13. The molecule has 2 nitrogen and oxygen atoms in total. The fraction of sp³-hybridized carbons (Fsp3) is 0.286. The summed E-state index contributed by atoms with van der Waals surface area (Å²) in [5.41, 5.74) is 3.11. The summed E-state index contributed by atoms with van der Waals surface area (Å²) in [4.78, 5) is 0. The van der Waals surface area contributed by atoms with E-state index < -0.39 is 6.10 Å². The molecule has 0 bridgehead atoms. The largest absolute Gasteiger partial charge is 0.472 e. The number of hydrogen-bond acceptors (Lipinski definition) is 2. The van der Waals surface area contributed by atoms with Crippen LogP contribution in [-0.4, -0.2) is 5.11 Å². The van der Waals surface area contributed by atoms with Crippen molar-refractivity contribution in [1.29, 1.82) is 0 Å². The van der Waals surface area contributed by atoms with Gasteiger partial charge < -0.3 is 9.52 Å². The smallest absolute Gasteiger partial charge is 0.107 e. The Bertz CT molecular complexity index is 469. The van der Waals surface area contributed by atoms with E-state index in [0.29, 0.717) is 0 Å². The minimum atomic E-state index is -0.572. The zero-order valence-electron chi connectivity index (χ0n) is 8.97. The summed E-state index contributed by atoms with van der Waals surface area (Å²) in [6.45, 7) is 0. The molecule has 0 amide bonds. The second kappa shape index (κ2) is 3.80. The van der Waals surface area contributed by atoms with Gasteiger partial charge in [0.05, 0.1) is 12.5 Å². The van der Waals surface area contributed by atoms with E-state index in [4.69, 9.17) is 4.42 Å². The molecule has 1 saturated carbocycles. The predicted octanol–water partition coefficient (Wildman–Crippen LogP) is 3.24. The fourth-order valence-electron chi connectivity index (χ4n) is 2.02. The van der Waals surface area contributed by atoms with Crippen molar-refractivity contribution < 1.29 is 9.52 Å². The highest BCUT2D eigenvalue weighted by Crippen LogP contribution is 2.40. The molecule has 0 spiro atoms. The lowest BCUT2D eigenvalue weighted by atomic mass is 10.0. The summed E-state index contributed by atoms with van der Waals surface area (Å²) in [7, 11) is 0. The molecule has 0 saturated heterocycles. The average Bonchev–Trinajstić information content (AvgIpc) is 3.04. The Morgan fingerprint density at radius 3 is 2.75 bits per heavy atom. The molecule has 2 heteroatoms. The summed E-state index contributed by atoms with van der Waals surface area (Å²) >= 11 is 0. The molecule has 16 heavy (non-hydrogen) atoms. The van der Waals surface area contributed by atoms with Crippen LogP contribution in [0.15, 0.2) is 47.3 Å². The summed E-state index contributed by atoms with van der Waals surface area (Å²) in [6.07, 6.45) is 5.17. The molecule has 1 fully saturated rings. The molecular weight excluding hydrogens is 200 g/mol. The van der Waals surface area contributed by atoms with Crippen LogP contribution in [0.3, 0.4) is 0 Å². The lowest BCUT2D eigenvalue weighted by molar-refractivity contribution is 0.219. The molecular formula is C14H14O2. The number of furan rings is 1. The van der Waals surface area contributed by atoms with Crippen LogP contribution in [0.1, 0.15) is 41.6 Å². The highest BCUT2D eigenvalue weighted by molar-refractivity contribution is 5.34. The van der Waals surface area contributed by atoms with Crippen LogP contribution in [0.2, 0.25) is 0 Å². The quantitative estimate of drug-likeness (QED) is 0.850. The van der Waals surface area contributed by atoms with Gasteiger partial charge in [-0.15, -0.1) is 0 Å². The van der Waals surface area contributed by atoms with Crippen molar-refractivity contribution in [3.8, 4) is 0 Å². The van der Waals surface area contributed by atoms with Gasteiger partial charge in [-0.1, -0.05) is 24.3 Å². The first-order valence-electron chi connectivity index (χ1n) is 5.64. The Morgan fingerprint density at radius 2 is 2.06 bits per heavy atom. The lowest BCUT2D eigenvalue weighted by Crippen LogP contribution is -1.98. The van der Waals surface area contributed by atoms with Crippen molar-refractivity contribution in [3.05, 3.63) is 59.5 Å². The summed E-state index contributed by atoms with van der Waals surface area (Å²) in [6, 6.07) is 10.0. The molecule has 0 radical (unpaired) electrons. The van der Waals surface area contributed by atoms with E-state index in [0.717, 1.165) is 17.0 Å². The van der Waals surface area contributed by atoms with Crippen molar-refractivity contribution >= 4 is 0 Å². The first-order valence-corrected chi connectivity index (χ1v) is 5.64. The molecule has 1 unspecified atom stereocenters. The first-order chi connectivity index (χ1) is 7.84.